The van der Waals surface area contributed by atoms with E-state index in [2.05, 4.69) is 17.2 Å². The summed E-state index contributed by atoms with van der Waals surface area (Å²) in [6.45, 7) is 6.65. The molecule has 2 atom stereocenters. The number of halogens is 1. The smallest absolute Gasteiger partial charge is 0.139 e. The fraction of sp³-hybridized carbons (Fsp3) is 0.500. The van der Waals surface area contributed by atoms with Crippen LogP contribution in [0.3, 0.4) is 0 Å². The fourth-order valence-corrected chi connectivity index (χ4v) is 2.09. The number of nitrogens with zero attached hydrogens (tertiary/aromatic N) is 1. The third-order valence-electron chi connectivity index (χ3n) is 2.96. The lowest BCUT2D eigenvalue weighted by molar-refractivity contribution is 0.106. The van der Waals surface area contributed by atoms with Gasteiger partial charge in [-0.15, -0.1) is 0 Å². The average Bonchev–Trinajstić information content (AvgIpc) is 2.39. The van der Waals surface area contributed by atoms with Crippen LogP contribution in [0.1, 0.15) is 25.5 Å². The predicted octanol–water partition coefficient (Wildman–Crippen LogP) is 3.06. The van der Waals surface area contributed by atoms with Gasteiger partial charge in [-0.05, 0) is 30.5 Å². The second-order valence-corrected chi connectivity index (χ2v) is 5.04. The minimum atomic E-state index is -0.111. The molecule has 0 radical (unpaired) electrons. The number of ether oxygens (including phenoxy) is 1. The minimum absolute atomic E-state index is 0.111. The van der Waals surface area contributed by atoms with Crippen LogP contribution >= 0.6 is 11.6 Å². The van der Waals surface area contributed by atoms with Crippen LogP contribution in [0.25, 0.3) is 0 Å². The first kappa shape index (κ1) is 13.4. The zero-order valence-electron chi connectivity index (χ0n) is 10.8. The SMILES string of the molecule is CCO[C@@H](C1=NC[C@H](C)CN1)c1ccc(Cl)cc1. The van der Waals surface area contributed by atoms with Crippen LogP contribution in [0.2, 0.25) is 5.02 Å². The molecular formula is C14H19ClN2O. The van der Waals surface area contributed by atoms with Crippen molar-refractivity contribution in [1.82, 2.24) is 5.32 Å². The lowest BCUT2D eigenvalue weighted by atomic mass is 10.1. The van der Waals surface area contributed by atoms with E-state index in [0.29, 0.717) is 12.5 Å². The Balaban J connectivity index is 2.20. The van der Waals surface area contributed by atoms with Crippen LogP contribution in [0, 0.1) is 5.92 Å². The zero-order valence-corrected chi connectivity index (χ0v) is 11.6. The van der Waals surface area contributed by atoms with Gasteiger partial charge in [0.05, 0.1) is 0 Å². The van der Waals surface area contributed by atoms with Gasteiger partial charge < -0.3 is 10.1 Å². The maximum absolute atomic E-state index is 5.91. The number of amidine groups is 1. The molecule has 0 bridgehead atoms. The van der Waals surface area contributed by atoms with Gasteiger partial charge in [-0.1, -0.05) is 30.7 Å². The van der Waals surface area contributed by atoms with Crippen molar-refractivity contribution in [3.8, 4) is 0 Å². The topological polar surface area (TPSA) is 33.6 Å². The number of aliphatic imine (C=N–C) groups is 1. The molecule has 0 aliphatic carbocycles. The van der Waals surface area contributed by atoms with Crippen molar-refractivity contribution < 1.29 is 4.74 Å². The van der Waals surface area contributed by atoms with E-state index in [0.717, 1.165) is 29.5 Å². The van der Waals surface area contributed by atoms with E-state index < -0.39 is 0 Å². The Kier molecular flexibility index (Phi) is 4.61. The highest BCUT2D eigenvalue weighted by atomic mass is 35.5. The largest absolute Gasteiger partial charge is 0.371 e. The van der Waals surface area contributed by atoms with Crippen LogP contribution in [0.5, 0.6) is 0 Å². The van der Waals surface area contributed by atoms with Crippen LogP contribution in [-0.2, 0) is 4.74 Å². The van der Waals surface area contributed by atoms with Gasteiger partial charge >= 0.3 is 0 Å². The maximum atomic E-state index is 5.91. The number of hydrogen-bond acceptors (Lipinski definition) is 3. The summed E-state index contributed by atoms with van der Waals surface area (Å²) in [7, 11) is 0. The summed E-state index contributed by atoms with van der Waals surface area (Å²) in [4.78, 5) is 4.58. The molecule has 1 aromatic carbocycles. The van der Waals surface area contributed by atoms with Gasteiger partial charge in [0.25, 0.3) is 0 Å². The fourth-order valence-electron chi connectivity index (χ4n) is 1.97. The second kappa shape index (κ2) is 6.21. The van der Waals surface area contributed by atoms with E-state index in [1.165, 1.54) is 0 Å². The third-order valence-corrected chi connectivity index (χ3v) is 3.21. The van der Waals surface area contributed by atoms with Gasteiger partial charge in [0.1, 0.15) is 11.9 Å². The highest BCUT2D eigenvalue weighted by Crippen LogP contribution is 2.22. The Labute approximate surface area is 113 Å². The van der Waals surface area contributed by atoms with Gasteiger partial charge in [-0.2, -0.15) is 0 Å². The van der Waals surface area contributed by atoms with Crippen LogP contribution < -0.4 is 5.32 Å². The summed E-state index contributed by atoms with van der Waals surface area (Å²) in [5, 5.41) is 4.10. The van der Waals surface area contributed by atoms with Crippen molar-refractivity contribution in [2.45, 2.75) is 20.0 Å². The molecule has 0 spiro atoms. The molecule has 98 valence electrons. The minimum Gasteiger partial charge on any atom is -0.371 e. The molecule has 1 N–H and O–H groups in total. The summed E-state index contributed by atoms with van der Waals surface area (Å²) in [5.74, 6) is 1.51. The van der Waals surface area contributed by atoms with Crippen molar-refractivity contribution in [1.29, 1.82) is 0 Å². The van der Waals surface area contributed by atoms with E-state index in [4.69, 9.17) is 16.3 Å². The van der Waals surface area contributed by atoms with Gasteiger partial charge in [-0.25, -0.2) is 0 Å². The summed E-state index contributed by atoms with van der Waals surface area (Å²) >= 11 is 5.91. The van der Waals surface area contributed by atoms with Crippen LogP contribution in [0.4, 0.5) is 0 Å². The quantitative estimate of drug-likeness (QED) is 0.909. The molecule has 2 rings (SSSR count). The monoisotopic (exact) mass is 266 g/mol. The number of hydrogen-bond donors (Lipinski definition) is 1. The summed E-state index contributed by atoms with van der Waals surface area (Å²) in [6.07, 6.45) is -0.111. The molecule has 0 aromatic heterocycles. The van der Waals surface area contributed by atoms with Crippen LogP contribution in [0.15, 0.2) is 29.3 Å². The summed E-state index contributed by atoms with van der Waals surface area (Å²) < 4.78 is 5.81. The van der Waals surface area contributed by atoms with E-state index in [1.54, 1.807) is 0 Å². The molecule has 0 unspecified atom stereocenters. The predicted molar refractivity (Wildman–Crippen MR) is 75.3 cm³/mol. The standard InChI is InChI=1S/C14H19ClN2O/c1-3-18-13(11-4-6-12(15)7-5-11)14-16-8-10(2)9-17-14/h4-7,10,13H,3,8-9H2,1-2H3,(H,16,17)/t13-/m1/s1. The molecule has 3 nitrogen and oxygen atoms in total. The Morgan fingerprint density at radius 3 is 2.72 bits per heavy atom. The highest BCUT2D eigenvalue weighted by molar-refractivity contribution is 6.30. The van der Waals surface area contributed by atoms with Gasteiger partial charge in [-0.3, -0.25) is 4.99 Å². The lowest BCUT2D eigenvalue weighted by Gasteiger charge is -2.26. The molecular weight excluding hydrogens is 248 g/mol. The van der Waals surface area contributed by atoms with Crippen molar-refractivity contribution in [3.05, 3.63) is 34.9 Å². The summed E-state index contributed by atoms with van der Waals surface area (Å²) in [6, 6.07) is 7.75. The first-order chi connectivity index (χ1) is 8.70. The number of nitrogens with one attached hydrogen (secondary N) is 1. The first-order valence-corrected chi connectivity index (χ1v) is 6.73. The number of benzene rings is 1. The van der Waals surface area contributed by atoms with E-state index in [9.17, 15) is 0 Å². The Hall–Kier alpha value is -1.06. The Morgan fingerprint density at radius 1 is 1.44 bits per heavy atom. The average molecular weight is 267 g/mol. The van der Waals surface area contributed by atoms with Crippen molar-refractivity contribution in [2.75, 3.05) is 19.7 Å². The lowest BCUT2D eigenvalue weighted by Crippen LogP contribution is -2.39. The molecule has 1 heterocycles. The van der Waals surface area contributed by atoms with E-state index >= 15 is 0 Å². The Morgan fingerprint density at radius 2 is 2.17 bits per heavy atom. The first-order valence-electron chi connectivity index (χ1n) is 6.36. The molecule has 18 heavy (non-hydrogen) atoms. The maximum Gasteiger partial charge on any atom is 0.139 e. The highest BCUT2D eigenvalue weighted by Gasteiger charge is 2.21. The third kappa shape index (κ3) is 3.24. The molecule has 1 aliphatic rings. The van der Waals surface area contributed by atoms with Crippen molar-refractivity contribution >= 4 is 17.4 Å². The van der Waals surface area contributed by atoms with E-state index in [-0.39, 0.29) is 6.10 Å². The normalized spacial score (nSPS) is 21.1. The molecule has 1 aliphatic heterocycles. The molecule has 0 fully saturated rings. The molecule has 1 aromatic rings. The van der Waals surface area contributed by atoms with Gasteiger partial charge in [0.2, 0.25) is 0 Å². The van der Waals surface area contributed by atoms with Crippen molar-refractivity contribution in [3.63, 3.8) is 0 Å². The molecule has 4 heteroatoms. The van der Waals surface area contributed by atoms with Gasteiger partial charge in [0.15, 0.2) is 0 Å². The Bertz CT molecular complexity index is 416. The second-order valence-electron chi connectivity index (χ2n) is 4.60. The molecule has 0 saturated carbocycles. The molecule has 0 saturated heterocycles. The molecule has 0 amide bonds. The van der Waals surface area contributed by atoms with Crippen molar-refractivity contribution in [2.24, 2.45) is 10.9 Å². The summed E-state index contributed by atoms with van der Waals surface area (Å²) in [5.41, 5.74) is 1.09. The zero-order chi connectivity index (χ0) is 13.0. The van der Waals surface area contributed by atoms with E-state index in [1.807, 2.05) is 31.2 Å². The number of rotatable bonds is 4. The van der Waals surface area contributed by atoms with Crippen LogP contribution in [-0.4, -0.2) is 25.5 Å². The van der Waals surface area contributed by atoms with Gasteiger partial charge in [0, 0.05) is 24.7 Å².